The number of halogens is 1. The van der Waals surface area contributed by atoms with E-state index in [2.05, 4.69) is 21.2 Å². The number of thioether (sulfide) groups is 1. The fraction of sp³-hybridized carbons (Fsp3) is 0.154. The van der Waals surface area contributed by atoms with Crippen LogP contribution in [-0.4, -0.2) is 17.3 Å². The molecule has 6 heteroatoms. The first-order valence-electron chi connectivity index (χ1n) is 5.50. The zero-order chi connectivity index (χ0) is 13.8. The molecule has 0 saturated carbocycles. The van der Waals surface area contributed by atoms with Crippen molar-refractivity contribution in [3.05, 3.63) is 44.6 Å². The van der Waals surface area contributed by atoms with Crippen LogP contribution in [0.1, 0.15) is 15.2 Å². The quantitative estimate of drug-likeness (QED) is 0.771. The van der Waals surface area contributed by atoms with Crippen LogP contribution in [-0.2, 0) is 6.54 Å². The highest BCUT2D eigenvalue weighted by Gasteiger charge is 2.14. The molecule has 0 radical (unpaired) electrons. The highest BCUT2D eigenvalue weighted by molar-refractivity contribution is 9.11. The SMILES string of the molecule is CSc1cccc(NCc2ccc(Br)s2)c1C(=O)O. The number of aromatic carboxylic acids is 1. The molecule has 0 aliphatic heterocycles. The first kappa shape index (κ1) is 14.4. The van der Waals surface area contributed by atoms with Crippen molar-refractivity contribution in [1.29, 1.82) is 0 Å². The van der Waals surface area contributed by atoms with Crippen LogP contribution in [0.3, 0.4) is 0 Å². The van der Waals surface area contributed by atoms with E-state index >= 15 is 0 Å². The third-order valence-corrected chi connectivity index (χ3v) is 4.95. The maximum absolute atomic E-state index is 11.4. The van der Waals surface area contributed by atoms with Gasteiger partial charge in [-0.05, 0) is 46.5 Å². The molecule has 1 heterocycles. The molecule has 0 fully saturated rings. The lowest BCUT2D eigenvalue weighted by molar-refractivity contribution is 0.0694. The fourth-order valence-electron chi connectivity index (χ4n) is 1.70. The molecule has 0 aliphatic carbocycles. The third kappa shape index (κ3) is 3.52. The predicted octanol–water partition coefficient (Wildman–Crippen LogP) is 4.54. The van der Waals surface area contributed by atoms with Crippen molar-refractivity contribution < 1.29 is 9.90 Å². The zero-order valence-corrected chi connectivity index (χ0v) is 13.4. The second-order valence-corrected chi connectivity index (χ2v) is 7.14. The van der Waals surface area contributed by atoms with Gasteiger partial charge in [0.2, 0.25) is 0 Å². The van der Waals surface area contributed by atoms with Gasteiger partial charge in [-0.2, -0.15) is 0 Å². The third-order valence-electron chi connectivity index (χ3n) is 2.54. The molecule has 1 aromatic carbocycles. The van der Waals surface area contributed by atoms with Crippen molar-refractivity contribution in [2.75, 3.05) is 11.6 Å². The second-order valence-electron chi connectivity index (χ2n) is 3.75. The Hall–Kier alpha value is -0.980. The van der Waals surface area contributed by atoms with Gasteiger partial charge in [0.25, 0.3) is 0 Å². The van der Waals surface area contributed by atoms with Gasteiger partial charge < -0.3 is 10.4 Å². The average molecular weight is 358 g/mol. The number of thiophene rings is 1. The van der Waals surface area contributed by atoms with Crippen LogP contribution in [0.2, 0.25) is 0 Å². The van der Waals surface area contributed by atoms with E-state index in [-0.39, 0.29) is 0 Å². The maximum Gasteiger partial charge on any atom is 0.338 e. The summed E-state index contributed by atoms with van der Waals surface area (Å²) in [5.74, 6) is -0.903. The molecule has 100 valence electrons. The molecule has 2 rings (SSSR count). The smallest absolute Gasteiger partial charge is 0.338 e. The lowest BCUT2D eigenvalue weighted by Gasteiger charge is -2.11. The van der Waals surface area contributed by atoms with Gasteiger partial charge in [-0.15, -0.1) is 23.1 Å². The number of carboxylic acids is 1. The number of nitrogens with one attached hydrogen (secondary N) is 1. The van der Waals surface area contributed by atoms with Crippen LogP contribution < -0.4 is 5.32 Å². The number of hydrogen-bond donors (Lipinski definition) is 2. The van der Waals surface area contributed by atoms with Crippen molar-refractivity contribution in [3.8, 4) is 0 Å². The molecule has 2 aromatic rings. The van der Waals surface area contributed by atoms with Gasteiger partial charge in [0, 0.05) is 16.3 Å². The summed E-state index contributed by atoms with van der Waals surface area (Å²) in [6.07, 6.45) is 1.88. The van der Waals surface area contributed by atoms with Crippen molar-refractivity contribution >= 4 is 50.7 Å². The molecule has 0 spiro atoms. The van der Waals surface area contributed by atoms with E-state index in [9.17, 15) is 9.90 Å². The van der Waals surface area contributed by atoms with E-state index in [1.165, 1.54) is 11.8 Å². The van der Waals surface area contributed by atoms with Crippen molar-refractivity contribution in [1.82, 2.24) is 0 Å². The number of carboxylic acid groups (broad SMARTS) is 1. The molecule has 1 aromatic heterocycles. The topological polar surface area (TPSA) is 49.3 Å². The van der Waals surface area contributed by atoms with Crippen LogP contribution in [0, 0.1) is 0 Å². The molecular formula is C13H12BrNO2S2. The molecule has 0 saturated heterocycles. The fourth-order valence-corrected chi connectivity index (χ4v) is 3.74. The van der Waals surface area contributed by atoms with E-state index in [1.807, 2.05) is 30.5 Å². The lowest BCUT2D eigenvalue weighted by atomic mass is 10.1. The van der Waals surface area contributed by atoms with Gasteiger partial charge in [-0.3, -0.25) is 0 Å². The Kier molecular flexibility index (Phi) is 4.90. The lowest BCUT2D eigenvalue weighted by Crippen LogP contribution is -2.07. The van der Waals surface area contributed by atoms with Gasteiger partial charge in [0.1, 0.15) is 0 Å². The number of rotatable bonds is 5. The molecular weight excluding hydrogens is 346 g/mol. The summed E-state index contributed by atoms with van der Waals surface area (Å²) in [7, 11) is 0. The Bertz CT molecular complexity index is 598. The Labute approximate surface area is 128 Å². The number of anilines is 1. The highest BCUT2D eigenvalue weighted by Crippen LogP contribution is 2.28. The minimum absolute atomic E-state index is 0.339. The minimum atomic E-state index is -0.903. The van der Waals surface area contributed by atoms with Crippen molar-refractivity contribution in [2.45, 2.75) is 11.4 Å². The summed E-state index contributed by atoms with van der Waals surface area (Å²) in [5, 5.41) is 12.5. The number of benzene rings is 1. The van der Waals surface area contributed by atoms with Crippen LogP contribution >= 0.6 is 39.0 Å². The summed E-state index contributed by atoms with van der Waals surface area (Å²) >= 11 is 6.48. The van der Waals surface area contributed by atoms with E-state index in [4.69, 9.17) is 0 Å². The summed E-state index contributed by atoms with van der Waals surface area (Å²) < 4.78 is 1.07. The molecule has 19 heavy (non-hydrogen) atoms. The summed E-state index contributed by atoms with van der Waals surface area (Å²) in [6, 6.07) is 9.48. The minimum Gasteiger partial charge on any atom is -0.478 e. The van der Waals surface area contributed by atoms with Gasteiger partial charge >= 0.3 is 5.97 Å². The normalized spacial score (nSPS) is 10.4. The predicted molar refractivity (Wildman–Crippen MR) is 84.5 cm³/mol. The average Bonchev–Trinajstić information content (AvgIpc) is 2.81. The van der Waals surface area contributed by atoms with Gasteiger partial charge in [-0.1, -0.05) is 6.07 Å². The molecule has 0 atom stereocenters. The Morgan fingerprint density at radius 3 is 2.79 bits per heavy atom. The Balaban J connectivity index is 2.22. The molecule has 0 aliphatic rings. The molecule has 2 N–H and O–H groups in total. The Morgan fingerprint density at radius 1 is 1.42 bits per heavy atom. The summed E-state index contributed by atoms with van der Waals surface area (Å²) in [4.78, 5) is 13.3. The van der Waals surface area contributed by atoms with Crippen LogP contribution in [0.25, 0.3) is 0 Å². The zero-order valence-electron chi connectivity index (χ0n) is 10.1. The van der Waals surface area contributed by atoms with Gasteiger partial charge in [-0.25, -0.2) is 4.79 Å². The Morgan fingerprint density at radius 2 is 2.21 bits per heavy atom. The molecule has 3 nitrogen and oxygen atoms in total. The first-order chi connectivity index (χ1) is 9.11. The van der Waals surface area contributed by atoms with Crippen LogP contribution in [0.4, 0.5) is 5.69 Å². The van der Waals surface area contributed by atoms with Crippen molar-refractivity contribution in [2.24, 2.45) is 0 Å². The molecule has 0 bridgehead atoms. The van der Waals surface area contributed by atoms with Gasteiger partial charge in [0.15, 0.2) is 0 Å². The largest absolute Gasteiger partial charge is 0.478 e. The van der Waals surface area contributed by atoms with Crippen molar-refractivity contribution in [3.63, 3.8) is 0 Å². The molecule has 0 unspecified atom stereocenters. The number of carbonyl (C=O) groups is 1. The molecule has 0 amide bonds. The van der Waals surface area contributed by atoms with E-state index in [0.717, 1.165) is 13.6 Å². The van der Waals surface area contributed by atoms with E-state index in [1.54, 1.807) is 17.4 Å². The highest BCUT2D eigenvalue weighted by atomic mass is 79.9. The summed E-state index contributed by atoms with van der Waals surface area (Å²) in [5.41, 5.74) is 0.995. The monoisotopic (exact) mass is 357 g/mol. The summed E-state index contributed by atoms with van der Waals surface area (Å²) in [6.45, 7) is 0.619. The van der Waals surface area contributed by atoms with Gasteiger partial charge in [0.05, 0.1) is 15.0 Å². The maximum atomic E-state index is 11.4. The van der Waals surface area contributed by atoms with E-state index in [0.29, 0.717) is 17.8 Å². The first-order valence-corrected chi connectivity index (χ1v) is 8.33. The standard InChI is InChI=1S/C13H12BrNO2S2/c1-18-10-4-2-3-9(12(10)13(16)17)15-7-8-5-6-11(14)19-8/h2-6,15H,7H2,1H3,(H,16,17). The van der Waals surface area contributed by atoms with Crippen LogP contribution in [0.15, 0.2) is 39.0 Å². The second kappa shape index (κ2) is 6.45. The van der Waals surface area contributed by atoms with Crippen LogP contribution in [0.5, 0.6) is 0 Å². The van der Waals surface area contributed by atoms with E-state index < -0.39 is 5.97 Å². The number of hydrogen-bond acceptors (Lipinski definition) is 4.